The number of benzene rings is 1. The Morgan fingerprint density at radius 1 is 1.32 bits per heavy atom. The summed E-state index contributed by atoms with van der Waals surface area (Å²) in [5.74, 6) is 0.924. The quantitative estimate of drug-likeness (QED) is 0.703. The maximum Gasteiger partial charge on any atom is 0.203 e. The fraction of sp³-hybridized carbons (Fsp3) is 0.529. The highest BCUT2D eigenvalue weighted by Gasteiger charge is 2.38. The topological polar surface area (TPSA) is 38.3 Å². The van der Waals surface area contributed by atoms with Crippen molar-refractivity contribution in [1.29, 1.82) is 0 Å². The standard InChI is InChI=1S/C17H25ClNO2P/c1-5-6-16(20)17(3,4)19-22(18,15-11-12-15)21-14-9-7-13(2)8-10-14/h7-10,19H,5-6,11-12H2,1-4H3. The van der Waals surface area contributed by atoms with Crippen LogP contribution in [-0.4, -0.2) is 16.6 Å². The Labute approximate surface area is 138 Å². The van der Waals surface area contributed by atoms with E-state index in [1.54, 1.807) is 0 Å². The van der Waals surface area contributed by atoms with Gasteiger partial charge in [-0.2, -0.15) is 0 Å². The lowest BCUT2D eigenvalue weighted by molar-refractivity contribution is -0.123. The van der Waals surface area contributed by atoms with E-state index in [1.807, 2.05) is 52.0 Å². The lowest BCUT2D eigenvalue weighted by Gasteiger charge is -2.32. The van der Waals surface area contributed by atoms with Crippen LogP contribution in [0, 0.1) is 6.92 Å². The molecule has 0 amide bonds. The molecule has 1 atom stereocenters. The first-order valence-corrected chi connectivity index (χ1v) is 10.4. The van der Waals surface area contributed by atoms with Crippen LogP contribution in [0.25, 0.3) is 0 Å². The second-order valence-corrected chi connectivity index (χ2v) is 9.94. The van der Waals surface area contributed by atoms with E-state index < -0.39 is 12.2 Å². The predicted molar refractivity (Wildman–Crippen MR) is 96.0 cm³/mol. The Morgan fingerprint density at radius 3 is 2.41 bits per heavy atom. The molecule has 3 nitrogen and oxygen atoms in total. The fourth-order valence-electron chi connectivity index (χ4n) is 2.22. The summed E-state index contributed by atoms with van der Waals surface area (Å²) < 4.78 is 6.12. The molecule has 0 bridgehead atoms. The van der Waals surface area contributed by atoms with E-state index >= 15 is 0 Å². The Kier molecular flexibility index (Phi) is 5.42. The third-order valence-corrected chi connectivity index (χ3v) is 7.48. The van der Waals surface area contributed by atoms with Crippen molar-refractivity contribution in [3.63, 3.8) is 0 Å². The van der Waals surface area contributed by atoms with E-state index in [-0.39, 0.29) is 5.78 Å². The molecule has 5 heteroatoms. The van der Waals surface area contributed by atoms with E-state index in [1.165, 1.54) is 10.9 Å². The lowest BCUT2D eigenvalue weighted by atomic mass is 9.97. The molecule has 0 aromatic heterocycles. The van der Waals surface area contributed by atoms with E-state index in [9.17, 15) is 4.79 Å². The SMILES string of the molecule is CCCC(=O)C(C)(C)NP(Cl)(Oc1ccc(C)cc1)=C1CC1. The molecule has 1 aliphatic rings. The maximum atomic E-state index is 12.3. The molecule has 1 aromatic rings. The van der Waals surface area contributed by atoms with Gasteiger partial charge in [0.2, 0.25) is 6.62 Å². The summed E-state index contributed by atoms with van der Waals surface area (Å²) in [4.78, 5) is 12.3. The zero-order valence-corrected chi connectivity index (χ0v) is 15.4. The van der Waals surface area contributed by atoms with Crippen LogP contribution in [0.1, 0.15) is 52.0 Å². The molecular weight excluding hydrogens is 317 g/mol. The van der Waals surface area contributed by atoms with Crippen LogP contribution >= 0.6 is 17.9 Å². The molecule has 122 valence electrons. The first-order valence-electron chi connectivity index (χ1n) is 7.80. The zero-order valence-electron chi connectivity index (χ0n) is 13.8. The molecule has 0 heterocycles. The van der Waals surface area contributed by atoms with Crippen LogP contribution < -0.4 is 9.61 Å². The van der Waals surface area contributed by atoms with Gasteiger partial charge in [0.15, 0.2) is 5.78 Å². The zero-order chi connectivity index (χ0) is 16.4. The van der Waals surface area contributed by atoms with Crippen LogP contribution in [0.5, 0.6) is 5.75 Å². The van der Waals surface area contributed by atoms with Crippen molar-refractivity contribution in [3.8, 4) is 5.75 Å². The molecule has 1 aliphatic carbocycles. The number of carbonyl (C=O) groups is 1. The normalized spacial score (nSPS) is 17.0. The first kappa shape index (κ1) is 17.6. The average Bonchev–Trinajstić information content (AvgIpc) is 3.26. The molecule has 22 heavy (non-hydrogen) atoms. The number of rotatable bonds is 7. The predicted octanol–water partition coefficient (Wildman–Crippen LogP) is 5.08. The van der Waals surface area contributed by atoms with Crippen molar-refractivity contribution < 1.29 is 9.32 Å². The molecule has 1 saturated carbocycles. The monoisotopic (exact) mass is 341 g/mol. The molecule has 0 spiro atoms. The molecule has 0 aliphatic heterocycles. The van der Waals surface area contributed by atoms with Gasteiger partial charge >= 0.3 is 0 Å². The number of halogens is 1. The smallest absolute Gasteiger partial charge is 0.203 e. The van der Waals surface area contributed by atoms with Gasteiger partial charge in [0.25, 0.3) is 0 Å². The largest absolute Gasteiger partial charge is 0.449 e. The van der Waals surface area contributed by atoms with E-state index in [0.29, 0.717) is 6.42 Å². The number of hydrogen-bond donors (Lipinski definition) is 1. The van der Waals surface area contributed by atoms with Crippen LogP contribution in [0.4, 0.5) is 0 Å². The summed E-state index contributed by atoms with van der Waals surface area (Å²) in [7, 11) is 0. The van der Waals surface area contributed by atoms with Gasteiger partial charge in [0, 0.05) is 6.42 Å². The van der Waals surface area contributed by atoms with Crippen LogP contribution in [0.2, 0.25) is 0 Å². The summed E-state index contributed by atoms with van der Waals surface area (Å²) in [6, 6.07) is 7.86. The van der Waals surface area contributed by atoms with Crippen molar-refractivity contribution >= 4 is 28.9 Å². The minimum absolute atomic E-state index is 0.175. The van der Waals surface area contributed by atoms with Gasteiger partial charge in [-0.1, -0.05) is 24.6 Å². The van der Waals surface area contributed by atoms with Crippen LogP contribution in [0.3, 0.4) is 0 Å². The molecule has 0 saturated heterocycles. The molecule has 0 radical (unpaired) electrons. The number of ketones is 1. The van der Waals surface area contributed by atoms with Crippen LogP contribution in [0.15, 0.2) is 24.3 Å². The Morgan fingerprint density at radius 2 is 1.91 bits per heavy atom. The first-order chi connectivity index (χ1) is 10.3. The number of Topliss-reactive ketones (excluding diaryl/α,β-unsaturated/α-hetero) is 1. The summed E-state index contributed by atoms with van der Waals surface area (Å²) in [5.41, 5.74) is 0.502. The summed E-state index contributed by atoms with van der Waals surface area (Å²) >= 11 is 6.83. The highest BCUT2D eigenvalue weighted by atomic mass is 35.7. The molecule has 1 fully saturated rings. The van der Waals surface area contributed by atoms with Gasteiger partial charge in [-0.05, 0) is 68.7 Å². The number of aryl methyl sites for hydroxylation is 1. The van der Waals surface area contributed by atoms with Crippen molar-refractivity contribution in [3.05, 3.63) is 29.8 Å². The maximum absolute atomic E-state index is 12.3. The van der Waals surface area contributed by atoms with Gasteiger partial charge in [-0.15, -0.1) is 0 Å². The molecule has 1 N–H and O–H groups in total. The summed E-state index contributed by atoms with van der Waals surface area (Å²) in [6.45, 7) is 5.38. The molecule has 1 aromatic carbocycles. The van der Waals surface area contributed by atoms with Gasteiger partial charge < -0.3 is 4.52 Å². The number of carbonyl (C=O) groups excluding carboxylic acids is 1. The van der Waals surface area contributed by atoms with Gasteiger partial charge in [0.05, 0.1) is 5.54 Å². The Hall–Kier alpha value is -0.760. The molecule has 2 rings (SSSR count). The lowest BCUT2D eigenvalue weighted by Crippen LogP contribution is -2.45. The van der Waals surface area contributed by atoms with Gasteiger partial charge in [-0.25, -0.2) is 5.09 Å². The number of nitrogens with one attached hydrogen (secondary N) is 1. The summed E-state index contributed by atoms with van der Waals surface area (Å²) in [5, 5.41) is 4.55. The fourth-order valence-corrected chi connectivity index (χ4v) is 5.87. The second kappa shape index (κ2) is 6.78. The van der Waals surface area contributed by atoms with Crippen LogP contribution in [-0.2, 0) is 4.79 Å². The average molecular weight is 342 g/mol. The van der Waals surface area contributed by atoms with Gasteiger partial charge in [0.1, 0.15) is 5.75 Å². The van der Waals surface area contributed by atoms with Gasteiger partial charge in [-0.3, -0.25) is 4.79 Å². The Bertz CT molecular complexity index is 602. The number of hydrogen-bond acceptors (Lipinski definition) is 3. The third kappa shape index (κ3) is 4.38. The molecule has 1 unspecified atom stereocenters. The second-order valence-electron chi connectivity index (χ2n) is 6.41. The molecular formula is C17H25ClNO2P. The van der Waals surface area contributed by atoms with Crippen molar-refractivity contribution in [2.45, 2.75) is 58.9 Å². The van der Waals surface area contributed by atoms with Crippen molar-refractivity contribution in [2.24, 2.45) is 0 Å². The van der Waals surface area contributed by atoms with E-state index in [4.69, 9.17) is 15.8 Å². The Balaban J connectivity index is 2.21. The van der Waals surface area contributed by atoms with Crippen molar-refractivity contribution in [1.82, 2.24) is 5.09 Å². The van der Waals surface area contributed by atoms with Crippen molar-refractivity contribution in [2.75, 3.05) is 0 Å². The minimum Gasteiger partial charge on any atom is -0.449 e. The van der Waals surface area contributed by atoms with E-state index in [0.717, 1.165) is 25.0 Å². The minimum atomic E-state index is -2.45. The summed E-state index contributed by atoms with van der Waals surface area (Å²) in [6.07, 6.45) is 3.35. The third-order valence-electron chi connectivity index (χ3n) is 3.73. The highest BCUT2D eigenvalue weighted by molar-refractivity contribution is 7.94. The van der Waals surface area contributed by atoms with E-state index in [2.05, 4.69) is 5.09 Å². The highest BCUT2D eigenvalue weighted by Crippen LogP contribution is 2.58.